The van der Waals surface area contributed by atoms with Gasteiger partial charge in [-0.2, -0.15) is 13.2 Å². The Balaban J connectivity index is 2.82. The van der Waals surface area contributed by atoms with Crippen LogP contribution in [-0.4, -0.2) is 29.7 Å². The molecule has 0 spiro atoms. The standard InChI is InChI=1S/C10H16F5O4P/c11-9(12,7-10(13,14)15)8-5-3-1-2-4-6-18-20(16,17)19-8/h8H,1-7H2,(H,16,17). The topological polar surface area (TPSA) is 55.8 Å². The summed E-state index contributed by atoms with van der Waals surface area (Å²) < 4.78 is 83.6. The molecule has 1 aliphatic rings. The predicted octanol–water partition coefficient (Wildman–Crippen LogP) is 4.04. The van der Waals surface area contributed by atoms with Crippen molar-refractivity contribution >= 4 is 7.82 Å². The fourth-order valence-corrected chi connectivity index (χ4v) is 2.88. The lowest BCUT2D eigenvalue weighted by atomic mass is 10.0. The molecule has 0 bridgehead atoms. The van der Waals surface area contributed by atoms with E-state index in [9.17, 15) is 31.4 Å². The molecule has 4 nitrogen and oxygen atoms in total. The van der Waals surface area contributed by atoms with Crippen molar-refractivity contribution in [2.24, 2.45) is 0 Å². The van der Waals surface area contributed by atoms with E-state index in [4.69, 9.17) is 0 Å². The molecule has 1 fully saturated rings. The van der Waals surface area contributed by atoms with Gasteiger partial charge in [0.25, 0.3) is 5.92 Å². The molecule has 10 heteroatoms. The third kappa shape index (κ3) is 6.47. The predicted molar refractivity (Wildman–Crippen MR) is 59.4 cm³/mol. The molecule has 0 aromatic heterocycles. The average molecular weight is 326 g/mol. The minimum Gasteiger partial charge on any atom is -0.302 e. The molecule has 1 N–H and O–H groups in total. The number of phosphoric ester groups is 1. The normalized spacial score (nSPS) is 31.0. The lowest BCUT2D eigenvalue weighted by Gasteiger charge is -2.29. The second-order valence-corrected chi connectivity index (χ2v) is 6.06. The molecule has 2 atom stereocenters. The van der Waals surface area contributed by atoms with Crippen LogP contribution in [-0.2, 0) is 13.6 Å². The van der Waals surface area contributed by atoms with Crippen LogP contribution in [0.3, 0.4) is 0 Å². The van der Waals surface area contributed by atoms with Gasteiger partial charge in [0.15, 0.2) is 0 Å². The van der Waals surface area contributed by atoms with E-state index in [1.54, 1.807) is 0 Å². The molecule has 0 radical (unpaired) electrons. The van der Waals surface area contributed by atoms with E-state index in [0.717, 1.165) is 0 Å². The molecule has 0 aromatic carbocycles. The van der Waals surface area contributed by atoms with Crippen molar-refractivity contribution < 1.29 is 40.5 Å². The largest absolute Gasteiger partial charge is 0.472 e. The van der Waals surface area contributed by atoms with Gasteiger partial charge in [0.1, 0.15) is 12.5 Å². The van der Waals surface area contributed by atoms with E-state index in [1.807, 2.05) is 0 Å². The Morgan fingerprint density at radius 2 is 1.70 bits per heavy atom. The van der Waals surface area contributed by atoms with Crippen LogP contribution in [0.25, 0.3) is 0 Å². The molecule has 0 saturated carbocycles. The minimum atomic E-state index is -5.09. The Morgan fingerprint density at radius 3 is 2.30 bits per heavy atom. The van der Waals surface area contributed by atoms with Crippen molar-refractivity contribution in [2.45, 2.75) is 56.7 Å². The van der Waals surface area contributed by atoms with Gasteiger partial charge in [-0.1, -0.05) is 19.3 Å². The van der Waals surface area contributed by atoms with Crippen LogP contribution in [0.4, 0.5) is 22.0 Å². The monoisotopic (exact) mass is 326 g/mol. The molecule has 1 rings (SSSR count). The maximum atomic E-state index is 13.6. The van der Waals surface area contributed by atoms with Crippen molar-refractivity contribution in [3.05, 3.63) is 0 Å². The van der Waals surface area contributed by atoms with E-state index in [0.29, 0.717) is 19.3 Å². The first-order valence-corrected chi connectivity index (χ1v) is 7.62. The molecule has 0 amide bonds. The van der Waals surface area contributed by atoms with Gasteiger partial charge in [0.2, 0.25) is 0 Å². The van der Waals surface area contributed by atoms with Crippen LogP contribution in [0.2, 0.25) is 0 Å². The first-order valence-electron chi connectivity index (χ1n) is 6.12. The SMILES string of the molecule is O=P1(O)OCCCCCCC(C(F)(F)CC(F)(F)F)O1. The maximum Gasteiger partial charge on any atom is 0.472 e. The molecule has 0 aliphatic carbocycles. The third-order valence-electron chi connectivity index (χ3n) is 2.78. The number of hydrogen-bond acceptors (Lipinski definition) is 3. The van der Waals surface area contributed by atoms with Gasteiger partial charge in [-0.3, -0.25) is 9.05 Å². The lowest BCUT2D eigenvalue weighted by molar-refractivity contribution is -0.214. The van der Waals surface area contributed by atoms with Gasteiger partial charge in [-0.25, -0.2) is 13.3 Å². The van der Waals surface area contributed by atoms with Gasteiger partial charge < -0.3 is 4.89 Å². The molecule has 1 aliphatic heterocycles. The second kappa shape index (κ2) is 6.68. The zero-order chi connectivity index (χ0) is 15.4. The highest BCUT2D eigenvalue weighted by molar-refractivity contribution is 7.47. The van der Waals surface area contributed by atoms with Crippen LogP contribution < -0.4 is 0 Å². The van der Waals surface area contributed by atoms with E-state index in [-0.39, 0.29) is 13.0 Å². The van der Waals surface area contributed by atoms with E-state index in [2.05, 4.69) is 9.05 Å². The van der Waals surface area contributed by atoms with Gasteiger partial charge in [0, 0.05) is 0 Å². The van der Waals surface area contributed by atoms with Crippen molar-refractivity contribution in [1.29, 1.82) is 0 Å². The summed E-state index contributed by atoms with van der Waals surface area (Å²) in [7, 11) is -4.77. The van der Waals surface area contributed by atoms with Crippen LogP contribution >= 0.6 is 7.82 Å². The van der Waals surface area contributed by atoms with Crippen LogP contribution in [0.15, 0.2) is 0 Å². The van der Waals surface area contributed by atoms with Crippen LogP contribution in [0.5, 0.6) is 0 Å². The number of phosphoric acid groups is 1. The Kier molecular flexibility index (Phi) is 5.95. The summed E-state index contributed by atoms with van der Waals surface area (Å²) in [6.07, 6.45) is -8.48. The number of halogens is 5. The first-order chi connectivity index (χ1) is 9.02. The molecule has 1 heterocycles. The molecule has 1 saturated heterocycles. The second-order valence-electron chi connectivity index (χ2n) is 4.65. The fourth-order valence-electron chi connectivity index (χ4n) is 1.88. The minimum absolute atomic E-state index is 0.161. The van der Waals surface area contributed by atoms with Crippen molar-refractivity contribution in [1.82, 2.24) is 0 Å². The lowest BCUT2D eigenvalue weighted by Crippen LogP contribution is -2.39. The summed E-state index contributed by atoms with van der Waals surface area (Å²) in [4.78, 5) is 9.22. The van der Waals surface area contributed by atoms with Gasteiger partial charge in [-0.15, -0.1) is 0 Å². The molecular formula is C10H16F5O4P. The van der Waals surface area contributed by atoms with Crippen molar-refractivity contribution in [3.8, 4) is 0 Å². The van der Waals surface area contributed by atoms with E-state index >= 15 is 0 Å². The summed E-state index contributed by atoms with van der Waals surface area (Å²) in [6.45, 7) is -0.161. The summed E-state index contributed by atoms with van der Waals surface area (Å²) >= 11 is 0. The van der Waals surface area contributed by atoms with Gasteiger partial charge in [-0.05, 0) is 12.8 Å². The summed E-state index contributed by atoms with van der Waals surface area (Å²) in [5, 5.41) is 0. The smallest absolute Gasteiger partial charge is 0.302 e. The highest BCUT2D eigenvalue weighted by Crippen LogP contribution is 2.50. The Morgan fingerprint density at radius 1 is 1.10 bits per heavy atom. The highest BCUT2D eigenvalue weighted by Gasteiger charge is 2.51. The zero-order valence-corrected chi connectivity index (χ0v) is 11.4. The molecule has 20 heavy (non-hydrogen) atoms. The summed E-state index contributed by atoms with van der Waals surface area (Å²) in [5.41, 5.74) is 0. The molecular weight excluding hydrogens is 310 g/mol. The van der Waals surface area contributed by atoms with E-state index < -0.39 is 38.9 Å². The average Bonchev–Trinajstić information content (AvgIpc) is 2.22. The number of hydrogen-bond donors (Lipinski definition) is 1. The molecule has 2 unspecified atom stereocenters. The Hall–Kier alpha value is -0.240. The van der Waals surface area contributed by atoms with Crippen molar-refractivity contribution in [3.63, 3.8) is 0 Å². The quantitative estimate of drug-likeness (QED) is 0.615. The molecule has 0 aromatic rings. The van der Waals surface area contributed by atoms with E-state index in [1.165, 1.54) is 0 Å². The molecule has 120 valence electrons. The van der Waals surface area contributed by atoms with Crippen LogP contribution in [0, 0.1) is 0 Å². The summed E-state index contributed by atoms with van der Waals surface area (Å²) in [5.74, 6) is -4.28. The Labute approximate surface area is 112 Å². The number of alkyl halides is 5. The third-order valence-corrected chi connectivity index (χ3v) is 3.81. The summed E-state index contributed by atoms with van der Waals surface area (Å²) in [6, 6.07) is 0. The maximum absolute atomic E-state index is 13.6. The fraction of sp³-hybridized carbons (Fsp3) is 1.00. The Bertz CT molecular complexity index is 360. The van der Waals surface area contributed by atoms with Gasteiger partial charge >= 0.3 is 14.0 Å². The first kappa shape index (κ1) is 17.8. The zero-order valence-electron chi connectivity index (χ0n) is 10.5. The number of rotatable bonds is 2. The van der Waals surface area contributed by atoms with Crippen LogP contribution in [0.1, 0.15) is 38.5 Å². The van der Waals surface area contributed by atoms with Gasteiger partial charge in [0.05, 0.1) is 6.61 Å². The van der Waals surface area contributed by atoms with Crippen molar-refractivity contribution in [2.75, 3.05) is 6.61 Å². The highest BCUT2D eigenvalue weighted by atomic mass is 31.2.